The molecule has 0 saturated carbocycles. The molecule has 1 aromatic heterocycles. The minimum absolute atomic E-state index is 0.209. The predicted octanol–water partition coefficient (Wildman–Crippen LogP) is 1.85. The number of methoxy groups -OCH3 is 1. The highest BCUT2D eigenvalue weighted by molar-refractivity contribution is 5.81. The van der Waals surface area contributed by atoms with Crippen LogP contribution in [0.5, 0.6) is 0 Å². The fraction of sp³-hybridized carbons (Fsp3) is 0.429. The van der Waals surface area contributed by atoms with Gasteiger partial charge in [0, 0.05) is 18.5 Å². The summed E-state index contributed by atoms with van der Waals surface area (Å²) in [5.41, 5.74) is 1.64. The van der Waals surface area contributed by atoms with E-state index in [0.29, 0.717) is 13.1 Å². The van der Waals surface area contributed by atoms with Crippen molar-refractivity contribution in [2.24, 2.45) is 5.41 Å². The molecule has 0 fully saturated rings. The van der Waals surface area contributed by atoms with Crippen LogP contribution >= 0.6 is 0 Å². The quantitative estimate of drug-likeness (QED) is 0.806. The Morgan fingerprint density at radius 2 is 2.26 bits per heavy atom. The summed E-state index contributed by atoms with van der Waals surface area (Å²) < 4.78 is 4.78. The van der Waals surface area contributed by atoms with Crippen LogP contribution in [-0.4, -0.2) is 29.8 Å². The van der Waals surface area contributed by atoms with E-state index in [9.17, 15) is 4.79 Å². The van der Waals surface area contributed by atoms with Crippen LogP contribution in [0.1, 0.15) is 19.4 Å². The van der Waals surface area contributed by atoms with Crippen molar-refractivity contribution in [3.8, 4) is 0 Å². The average Bonchev–Trinajstić information content (AvgIpc) is 2.86. The summed E-state index contributed by atoms with van der Waals surface area (Å²) in [5.74, 6) is -0.209. The van der Waals surface area contributed by atoms with Crippen molar-refractivity contribution >= 4 is 16.9 Å². The third-order valence-corrected chi connectivity index (χ3v) is 3.18. The third-order valence-electron chi connectivity index (χ3n) is 3.18. The molecule has 1 aromatic carbocycles. The Morgan fingerprint density at radius 1 is 1.47 bits per heavy atom. The number of aromatic nitrogens is 2. The first-order chi connectivity index (χ1) is 9.04. The number of carbonyl (C=O) groups is 1. The first-order valence-electron chi connectivity index (χ1n) is 6.25. The van der Waals surface area contributed by atoms with Gasteiger partial charge in [-0.15, -0.1) is 0 Å². The molecule has 0 bridgehead atoms. The zero-order valence-electron chi connectivity index (χ0n) is 11.5. The van der Waals surface area contributed by atoms with Gasteiger partial charge in [-0.2, -0.15) is 5.10 Å². The summed E-state index contributed by atoms with van der Waals surface area (Å²) in [6, 6.07) is 6.06. The molecule has 0 aliphatic rings. The minimum Gasteiger partial charge on any atom is -0.469 e. The van der Waals surface area contributed by atoms with Crippen LogP contribution < -0.4 is 5.32 Å². The predicted molar refractivity (Wildman–Crippen MR) is 73.6 cm³/mol. The average molecular weight is 261 g/mol. The second-order valence-electron chi connectivity index (χ2n) is 5.23. The van der Waals surface area contributed by atoms with Crippen molar-refractivity contribution in [1.82, 2.24) is 15.5 Å². The van der Waals surface area contributed by atoms with Crippen molar-refractivity contribution in [2.75, 3.05) is 13.7 Å². The van der Waals surface area contributed by atoms with Crippen LogP contribution in [0, 0.1) is 5.41 Å². The minimum atomic E-state index is -0.531. The largest absolute Gasteiger partial charge is 0.469 e. The van der Waals surface area contributed by atoms with Gasteiger partial charge in [0.05, 0.1) is 24.2 Å². The zero-order chi connectivity index (χ0) is 13.9. The maximum absolute atomic E-state index is 11.6. The Morgan fingerprint density at radius 3 is 3.00 bits per heavy atom. The van der Waals surface area contributed by atoms with Gasteiger partial charge < -0.3 is 10.1 Å². The van der Waals surface area contributed by atoms with Gasteiger partial charge in [-0.05, 0) is 19.4 Å². The number of hydrogen-bond acceptors (Lipinski definition) is 4. The number of nitrogens with zero attached hydrogens (tertiary/aromatic N) is 1. The van der Waals surface area contributed by atoms with Gasteiger partial charge in [-0.1, -0.05) is 18.2 Å². The molecule has 0 saturated heterocycles. The maximum atomic E-state index is 11.6. The Hall–Kier alpha value is -1.88. The Bertz CT molecular complexity index is 575. The first-order valence-corrected chi connectivity index (χ1v) is 6.25. The number of H-pyrrole nitrogens is 1. The summed E-state index contributed by atoms with van der Waals surface area (Å²) in [4.78, 5) is 11.6. The van der Waals surface area contributed by atoms with Crippen LogP contribution in [0.2, 0.25) is 0 Å². The van der Waals surface area contributed by atoms with Crippen molar-refractivity contribution in [3.63, 3.8) is 0 Å². The molecule has 2 aromatic rings. The highest BCUT2D eigenvalue weighted by Crippen LogP contribution is 2.18. The molecule has 5 nitrogen and oxygen atoms in total. The van der Waals surface area contributed by atoms with Crippen LogP contribution in [-0.2, 0) is 16.1 Å². The standard InChI is InChI=1S/C14H19N3O2/c1-14(2,13(18)19-3)9-15-7-10-5-4-6-11-8-16-17-12(10)11/h4-6,8,15H,7,9H2,1-3H3,(H,16,17). The van der Waals surface area contributed by atoms with Crippen molar-refractivity contribution < 1.29 is 9.53 Å². The second-order valence-corrected chi connectivity index (χ2v) is 5.23. The zero-order valence-corrected chi connectivity index (χ0v) is 11.5. The topological polar surface area (TPSA) is 67.0 Å². The molecule has 0 amide bonds. The normalized spacial score (nSPS) is 11.7. The smallest absolute Gasteiger partial charge is 0.312 e. The van der Waals surface area contributed by atoms with E-state index in [4.69, 9.17) is 4.74 Å². The van der Waals surface area contributed by atoms with Crippen molar-refractivity contribution in [2.45, 2.75) is 20.4 Å². The fourth-order valence-electron chi connectivity index (χ4n) is 2.04. The maximum Gasteiger partial charge on any atom is 0.312 e. The number of nitrogens with one attached hydrogen (secondary N) is 2. The Kier molecular flexibility index (Phi) is 3.85. The molecule has 0 aliphatic heterocycles. The molecule has 0 atom stereocenters. The molecule has 0 unspecified atom stereocenters. The van der Waals surface area contributed by atoms with E-state index in [1.807, 2.05) is 32.0 Å². The van der Waals surface area contributed by atoms with Gasteiger partial charge >= 0.3 is 5.97 Å². The van der Waals surface area contributed by atoms with Gasteiger partial charge in [0.1, 0.15) is 0 Å². The number of esters is 1. The molecule has 0 spiro atoms. The highest BCUT2D eigenvalue weighted by Gasteiger charge is 2.28. The number of aromatic amines is 1. The van der Waals surface area contributed by atoms with E-state index < -0.39 is 5.41 Å². The molecule has 0 aliphatic carbocycles. The molecule has 2 rings (SSSR count). The second kappa shape index (κ2) is 5.40. The number of fused-ring (bicyclic) bond motifs is 1. The van der Waals surface area contributed by atoms with Crippen LogP contribution in [0.15, 0.2) is 24.4 Å². The summed E-state index contributed by atoms with van der Waals surface area (Å²) >= 11 is 0. The van der Waals surface area contributed by atoms with Crippen molar-refractivity contribution in [1.29, 1.82) is 0 Å². The van der Waals surface area contributed by atoms with Crippen molar-refractivity contribution in [3.05, 3.63) is 30.0 Å². The molecular weight excluding hydrogens is 242 g/mol. The number of benzene rings is 1. The number of carbonyl (C=O) groups excluding carboxylic acids is 1. The lowest BCUT2D eigenvalue weighted by molar-refractivity contribution is -0.150. The molecule has 102 valence electrons. The molecule has 2 N–H and O–H groups in total. The Balaban J connectivity index is 2.00. The first kappa shape index (κ1) is 13.5. The number of ether oxygens (including phenoxy) is 1. The lowest BCUT2D eigenvalue weighted by atomic mass is 9.93. The molecule has 5 heteroatoms. The number of para-hydroxylation sites is 1. The lowest BCUT2D eigenvalue weighted by Gasteiger charge is -2.21. The van der Waals surface area contributed by atoms with Crippen LogP contribution in [0.25, 0.3) is 10.9 Å². The van der Waals surface area contributed by atoms with E-state index >= 15 is 0 Å². The molecular formula is C14H19N3O2. The van der Waals surface area contributed by atoms with Crippen LogP contribution in [0.4, 0.5) is 0 Å². The number of hydrogen-bond donors (Lipinski definition) is 2. The van der Waals surface area contributed by atoms with Crippen LogP contribution in [0.3, 0.4) is 0 Å². The Labute approximate surface area is 112 Å². The lowest BCUT2D eigenvalue weighted by Crippen LogP contribution is -2.36. The molecule has 0 radical (unpaired) electrons. The van der Waals surface area contributed by atoms with E-state index in [-0.39, 0.29) is 5.97 Å². The van der Waals surface area contributed by atoms with Gasteiger partial charge in [0.25, 0.3) is 0 Å². The molecule has 1 heterocycles. The third kappa shape index (κ3) is 2.93. The SMILES string of the molecule is COC(=O)C(C)(C)CNCc1cccc2cn[nH]c12. The summed E-state index contributed by atoms with van der Waals surface area (Å²) in [7, 11) is 1.41. The summed E-state index contributed by atoms with van der Waals surface area (Å²) in [6.07, 6.45) is 1.80. The monoisotopic (exact) mass is 261 g/mol. The van der Waals surface area contributed by atoms with E-state index in [1.54, 1.807) is 6.20 Å². The van der Waals surface area contributed by atoms with E-state index in [2.05, 4.69) is 15.5 Å². The van der Waals surface area contributed by atoms with E-state index in [1.165, 1.54) is 7.11 Å². The van der Waals surface area contributed by atoms with Gasteiger partial charge in [0.2, 0.25) is 0 Å². The highest BCUT2D eigenvalue weighted by atomic mass is 16.5. The van der Waals surface area contributed by atoms with E-state index in [0.717, 1.165) is 16.5 Å². The summed E-state index contributed by atoms with van der Waals surface area (Å²) in [5, 5.41) is 11.4. The van der Waals surface area contributed by atoms with Gasteiger partial charge in [-0.3, -0.25) is 9.89 Å². The van der Waals surface area contributed by atoms with Gasteiger partial charge in [0.15, 0.2) is 0 Å². The molecule has 19 heavy (non-hydrogen) atoms. The summed E-state index contributed by atoms with van der Waals surface area (Å²) in [6.45, 7) is 4.97. The van der Waals surface area contributed by atoms with Gasteiger partial charge in [-0.25, -0.2) is 0 Å². The number of rotatable bonds is 5. The fourth-order valence-corrected chi connectivity index (χ4v) is 2.04.